The summed E-state index contributed by atoms with van der Waals surface area (Å²) < 4.78 is 39.5. The van der Waals surface area contributed by atoms with Gasteiger partial charge in [0.25, 0.3) is 0 Å². The van der Waals surface area contributed by atoms with E-state index in [1.54, 1.807) is 18.2 Å². The van der Waals surface area contributed by atoms with Gasteiger partial charge in [0.15, 0.2) is 5.11 Å². The van der Waals surface area contributed by atoms with E-state index in [0.29, 0.717) is 11.3 Å². The highest BCUT2D eigenvalue weighted by molar-refractivity contribution is 7.80. The van der Waals surface area contributed by atoms with Gasteiger partial charge in [-0.05, 0) is 48.5 Å². The molecule has 0 saturated heterocycles. The van der Waals surface area contributed by atoms with E-state index >= 15 is 0 Å². The summed E-state index contributed by atoms with van der Waals surface area (Å²) in [6.07, 6.45) is -5.13. The van der Waals surface area contributed by atoms with Crippen molar-refractivity contribution in [2.75, 3.05) is 18.1 Å². The molecule has 178 valence electrons. The molecule has 12 heteroatoms. The van der Waals surface area contributed by atoms with Crippen LogP contribution in [0.2, 0.25) is 0 Å². The Morgan fingerprint density at radius 3 is 2.36 bits per heavy atom. The largest absolute Gasteiger partial charge is 0.481 e. The van der Waals surface area contributed by atoms with E-state index in [-0.39, 0.29) is 22.9 Å². The highest BCUT2D eigenvalue weighted by atomic mass is 32.1. The number of carboxylic acids is 1. The van der Waals surface area contributed by atoms with Crippen molar-refractivity contribution in [3.63, 3.8) is 0 Å². The Morgan fingerprint density at radius 1 is 1.12 bits per heavy atom. The first kappa shape index (κ1) is 25.7. The highest BCUT2D eigenvalue weighted by Gasteiger charge is 2.35. The molecule has 0 fully saturated rings. The van der Waals surface area contributed by atoms with Crippen molar-refractivity contribution in [1.82, 2.24) is 16.0 Å². The monoisotopic (exact) mass is 483 g/mol. The average Bonchev–Trinajstić information content (AvgIpc) is 2.73. The number of carbonyl (C=O) groups is 2. The standard InChI is InChI=1S/C21H24F3N5O3S/c1-20(10-16(30)31,13-6-4-7-14(9-13)21(22,23)24)29-19(33)28-15-8-3-5-12(17(15)25)11-27-18(32)26-2/h3-9H,10-11,25H2,1-2H3,(H,30,31)(H2,26,27,32)(H2,28,29,33). The number of alkyl halides is 3. The van der Waals surface area contributed by atoms with Crippen molar-refractivity contribution >= 4 is 40.7 Å². The number of hydrogen-bond acceptors (Lipinski definition) is 4. The van der Waals surface area contributed by atoms with Crippen LogP contribution in [0.3, 0.4) is 0 Å². The summed E-state index contributed by atoms with van der Waals surface area (Å²) in [6, 6.07) is 8.99. The summed E-state index contributed by atoms with van der Waals surface area (Å²) in [6.45, 7) is 1.58. The lowest BCUT2D eigenvalue weighted by Gasteiger charge is -2.32. The molecule has 0 radical (unpaired) electrons. The fraction of sp³-hybridized carbons (Fsp3) is 0.286. The van der Waals surface area contributed by atoms with Crippen LogP contribution < -0.4 is 27.0 Å². The first-order valence-corrected chi connectivity index (χ1v) is 10.1. The number of halogens is 3. The smallest absolute Gasteiger partial charge is 0.416 e. The van der Waals surface area contributed by atoms with E-state index in [0.717, 1.165) is 12.1 Å². The molecule has 0 aliphatic rings. The van der Waals surface area contributed by atoms with E-state index in [1.807, 2.05) is 0 Å². The Bertz CT molecular complexity index is 1050. The minimum Gasteiger partial charge on any atom is -0.481 e. The fourth-order valence-corrected chi connectivity index (χ4v) is 3.44. The van der Waals surface area contributed by atoms with Gasteiger partial charge in [-0.25, -0.2) is 4.79 Å². The number of urea groups is 1. The summed E-state index contributed by atoms with van der Waals surface area (Å²) in [7, 11) is 1.47. The molecule has 0 spiro atoms. The molecule has 0 aliphatic heterocycles. The van der Waals surface area contributed by atoms with Crippen molar-refractivity contribution < 1.29 is 27.9 Å². The normalized spacial score (nSPS) is 12.9. The van der Waals surface area contributed by atoms with Crippen LogP contribution in [-0.4, -0.2) is 29.3 Å². The molecule has 1 atom stereocenters. The second kappa shape index (κ2) is 10.4. The first-order chi connectivity index (χ1) is 15.4. The Labute approximate surface area is 193 Å². The quantitative estimate of drug-likeness (QED) is 0.263. The number of nitrogens with two attached hydrogens (primary N) is 1. The maximum absolute atomic E-state index is 13.2. The van der Waals surface area contributed by atoms with Gasteiger partial charge in [0, 0.05) is 13.6 Å². The Balaban J connectivity index is 2.27. The van der Waals surface area contributed by atoms with Crippen LogP contribution in [0.15, 0.2) is 42.5 Å². The maximum atomic E-state index is 13.2. The van der Waals surface area contributed by atoms with Crippen molar-refractivity contribution in [2.45, 2.75) is 31.6 Å². The van der Waals surface area contributed by atoms with Crippen molar-refractivity contribution in [3.8, 4) is 0 Å². The summed E-state index contributed by atoms with van der Waals surface area (Å²) in [5.74, 6) is -1.23. The van der Waals surface area contributed by atoms with Gasteiger partial charge in [-0.15, -0.1) is 0 Å². The van der Waals surface area contributed by atoms with Gasteiger partial charge < -0.3 is 32.1 Å². The third-order valence-electron chi connectivity index (χ3n) is 4.83. The summed E-state index contributed by atoms with van der Waals surface area (Å²) >= 11 is 5.30. The zero-order chi connectivity index (χ0) is 24.8. The van der Waals surface area contributed by atoms with Gasteiger partial charge in [-0.2, -0.15) is 13.2 Å². The average molecular weight is 484 g/mol. The number of rotatable bonds is 7. The van der Waals surface area contributed by atoms with Crippen molar-refractivity contribution in [2.24, 2.45) is 0 Å². The van der Waals surface area contributed by atoms with Crippen molar-refractivity contribution in [3.05, 3.63) is 59.2 Å². The molecule has 8 nitrogen and oxygen atoms in total. The molecule has 0 aliphatic carbocycles. The number of benzene rings is 2. The minimum atomic E-state index is -4.59. The number of para-hydroxylation sites is 1. The first-order valence-electron chi connectivity index (χ1n) is 9.67. The SMILES string of the molecule is CNC(=O)NCc1cccc(NC(=S)NC(C)(CC(=O)O)c2cccc(C(F)(F)F)c2)c1N. The van der Waals surface area contributed by atoms with Crippen LogP contribution in [0.1, 0.15) is 30.0 Å². The molecule has 0 heterocycles. The van der Waals surface area contributed by atoms with Crippen LogP contribution in [0.5, 0.6) is 0 Å². The molecule has 33 heavy (non-hydrogen) atoms. The summed E-state index contributed by atoms with van der Waals surface area (Å²) in [5, 5.41) is 20.0. The Hall–Kier alpha value is -3.54. The van der Waals surface area contributed by atoms with E-state index in [4.69, 9.17) is 18.0 Å². The third kappa shape index (κ3) is 6.97. The van der Waals surface area contributed by atoms with E-state index in [9.17, 15) is 27.9 Å². The van der Waals surface area contributed by atoms with E-state index in [2.05, 4.69) is 21.3 Å². The van der Waals surface area contributed by atoms with Crippen LogP contribution in [0, 0.1) is 0 Å². The minimum absolute atomic E-state index is 0.0423. The predicted molar refractivity (Wildman–Crippen MR) is 123 cm³/mol. The second-order valence-electron chi connectivity index (χ2n) is 7.37. The molecule has 1 unspecified atom stereocenters. The number of nitrogen functional groups attached to an aromatic ring is 1. The van der Waals surface area contributed by atoms with Crippen LogP contribution in [0.4, 0.5) is 29.3 Å². The third-order valence-corrected chi connectivity index (χ3v) is 5.04. The number of carboxylic acid groups (broad SMARTS) is 1. The van der Waals surface area contributed by atoms with Crippen LogP contribution >= 0.6 is 12.2 Å². The zero-order valence-electron chi connectivity index (χ0n) is 17.8. The van der Waals surface area contributed by atoms with Gasteiger partial charge in [-0.1, -0.05) is 24.3 Å². The highest BCUT2D eigenvalue weighted by Crippen LogP contribution is 2.33. The van der Waals surface area contributed by atoms with Gasteiger partial charge in [0.05, 0.1) is 28.9 Å². The zero-order valence-corrected chi connectivity index (χ0v) is 18.7. The molecule has 7 N–H and O–H groups in total. The summed E-state index contributed by atoms with van der Waals surface area (Å²) in [4.78, 5) is 22.9. The fourth-order valence-electron chi connectivity index (χ4n) is 3.10. The molecule has 0 aromatic heterocycles. The Morgan fingerprint density at radius 2 is 1.76 bits per heavy atom. The molecular formula is C21H24F3N5O3S. The molecule has 2 rings (SSSR count). The molecule has 0 bridgehead atoms. The number of thiocarbonyl (C=S) groups is 1. The summed E-state index contributed by atoms with van der Waals surface area (Å²) in [5.41, 5.74) is 5.14. The van der Waals surface area contributed by atoms with Gasteiger partial charge in [-0.3, -0.25) is 4.79 Å². The lowest BCUT2D eigenvalue weighted by atomic mass is 9.87. The van der Waals surface area contributed by atoms with Gasteiger partial charge >= 0.3 is 18.2 Å². The van der Waals surface area contributed by atoms with Gasteiger partial charge in [0.2, 0.25) is 0 Å². The second-order valence-corrected chi connectivity index (χ2v) is 7.78. The maximum Gasteiger partial charge on any atom is 0.416 e. The van der Waals surface area contributed by atoms with Crippen molar-refractivity contribution in [1.29, 1.82) is 0 Å². The van der Waals surface area contributed by atoms with Crippen LogP contribution in [0.25, 0.3) is 0 Å². The molecule has 2 aromatic carbocycles. The number of anilines is 2. The topological polar surface area (TPSA) is 129 Å². The van der Waals surface area contributed by atoms with Crippen LogP contribution in [-0.2, 0) is 23.1 Å². The number of aliphatic carboxylic acids is 1. The number of hydrogen-bond donors (Lipinski definition) is 6. The molecule has 2 aromatic rings. The number of nitrogens with one attached hydrogen (secondary N) is 4. The number of carbonyl (C=O) groups excluding carboxylic acids is 1. The molecular weight excluding hydrogens is 459 g/mol. The molecule has 2 amide bonds. The van der Waals surface area contributed by atoms with Gasteiger partial charge in [0.1, 0.15) is 0 Å². The lowest BCUT2D eigenvalue weighted by Crippen LogP contribution is -2.47. The lowest BCUT2D eigenvalue weighted by molar-refractivity contribution is -0.138. The van der Waals surface area contributed by atoms with E-state index in [1.165, 1.54) is 26.1 Å². The predicted octanol–water partition coefficient (Wildman–Crippen LogP) is 3.39. The number of amides is 2. The van der Waals surface area contributed by atoms with E-state index < -0.39 is 35.7 Å². The molecule has 0 saturated carbocycles. The Kier molecular flexibility index (Phi) is 8.09.